The fourth-order valence-corrected chi connectivity index (χ4v) is 0.995. The molecule has 4 nitrogen and oxygen atoms in total. The molecule has 0 amide bonds. The maximum Gasteiger partial charge on any atom is 0.335 e. The number of rotatable bonds is 2. The summed E-state index contributed by atoms with van der Waals surface area (Å²) in [6.07, 6.45) is -1.57. The summed E-state index contributed by atoms with van der Waals surface area (Å²) >= 11 is 0. The van der Waals surface area contributed by atoms with Gasteiger partial charge in [-0.15, -0.1) is 0 Å². The zero-order valence-electron chi connectivity index (χ0n) is 6.29. The monoisotopic (exact) mass is 178 g/mol. The maximum absolute atomic E-state index is 12.1. The van der Waals surface area contributed by atoms with Crippen molar-refractivity contribution in [3.8, 4) is 0 Å². The fraction of sp³-hybridized carbons (Fsp3) is 0.500. The molecule has 0 radical (unpaired) electrons. The lowest BCUT2D eigenvalue weighted by molar-refractivity contribution is -0.133. The quantitative estimate of drug-likeness (QED) is 0.626. The number of alkyl halides is 2. The second kappa shape index (κ2) is 3.06. The molecule has 12 heavy (non-hydrogen) atoms. The molecule has 0 aromatic carbocycles. The summed E-state index contributed by atoms with van der Waals surface area (Å²) in [6, 6.07) is -1.40. The van der Waals surface area contributed by atoms with Gasteiger partial charge < -0.3 is 10.1 Å². The summed E-state index contributed by atoms with van der Waals surface area (Å²) in [4.78, 5) is 10.4. The van der Waals surface area contributed by atoms with Gasteiger partial charge in [0.15, 0.2) is 0 Å². The maximum atomic E-state index is 12.1. The Kier molecular flexibility index (Phi) is 2.27. The number of hydrazine groups is 1. The second-order valence-corrected chi connectivity index (χ2v) is 2.44. The number of nitrogens with one attached hydrogen (secondary N) is 1. The molecule has 0 spiro atoms. The van der Waals surface area contributed by atoms with E-state index in [0.717, 1.165) is 6.20 Å². The number of nitrogens with zero attached hydrogens (tertiary/aromatic N) is 1. The van der Waals surface area contributed by atoms with E-state index in [0.29, 0.717) is 0 Å². The van der Waals surface area contributed by atoms with Crippen molar-refractivity contribution < 1.29 is 18.7 Å². The van der Waals surface area contributed by atoms with Crippen LogP contribution in [-0.2, 0) is 4.79 Å². The van der Waals surface area contributed by atoms with Crippen LogP contribution >= 0.6 is 0 Å². The molecule has 1 atom stereocenters. The number of carboxylic acids is 1. The minimum atomic E-state index is -2.71. The summed E-state index contributed by atoms with van der Waals surface area (Å²) in [6.45, 7) is 0. The third-order valence-corrected chi connectivity index (χ3v) is 1.51. The molecule has 1 aliphatic rings. The number of aliphatic carboxylic acids is 1. The lowest BCUT2D eigenvalue weighted by Gasteiger charge is -2.14. The van der Waals surface area contributed by atoms with E-state index >= 15 is 0 Å². The third-order valence-electron chi connectivity index (χ3n) is 1.51. The van der Waals surface area contributed by atoms with Gasteiger partial charge in [0.25, 0.3) is 6.43 Å². The first-order valence-corrected chi connectivity index (χ1v) is 3.24. The van der Waals surface area contributed by atoms with Gasteiger partial charge in [-0.1, -0.05) is 0 Å². The Morgan fingerprint density at radius 2 is 2.42 bits per heavy atom. The van der Waals surface area contributed by atoms with Crippen molar-refractivity contribution in [3.05, 3.63) is 11.8 Å². The van der Waals surface area contributed by atoms with Crippen LogP contribution in [-0.4, -0.2) is 35.6 Å². The molecular weight excluding hydrogens is 170 g/mol. The smallest absolute Gasteiger partial charge is 0.335 e. The van der Waals surface area contributed by atoms with Crippen LogP contribution in [0.15, 0.2) is 11.8 Å². The van der Waals surface area contributed by atoms with E-state index in [9.17, 15) is 13.6 Å². The van der Waals surface area contributed by atoms with Gasteiger partial charge in [-0.05, 0) is 0 Å². The van der Waals surface area contributed by atoms with Gasteiger partial charge in [-0.3, -0.25) is 0 Å². The van der Waals surface area contributed by atoms with E-state index in [1.165, 1.54) is 12.1 Å². The molecule has 0 bridgehead atoms. The molecule has 0 saturated carbocycles. The highest BCUT2D eigenvalue weighted by atomic mass is 19.3. The van der Waals surface area contributed by atoms with Gasteiger partial charge >= 0.3 is 5.97 Å². The third kappa shape index (κ3) is 1.53. The predicted molar refractivity (Wildman–Crippen MR) is 36.4 cm³/mol. The van der Waals surface area contributed by atoms with Gasteiger partial charge in [0, 0.05) is 13.2 Å². The zero-order chi connectivity index (χ0) is 9.30. The fourth-order valence-electron chi connectivity index (χ4n) is 0.995. The van der Waals surface area contributed by atoms with Crippen molar-refractivity contribution in [2.75, 3.05) is 7.05 Å². The first-order valence-electron chi connectivity index (χ1n) is 3.24. The van der Waals surface area contributed by atoms with Gasteiger partial charge in [0.1, 0.15) is 6.04 Å². The summed E-state index contributed by atoms with van der Waals surface area (Å²) < 4.78 is 24.3. The minimum absolute atomic E-state index is 0.312. The molecular formula is C6H8F2N2O2. The SMILES string of the molecule is CN1C=C(C(=O)O)C(C(F)F)N1. The number of halogens is 2. The van der Waals surface area contributed by atoms with Crippen LogP contribution in [0.5, 0.6) is 0 Å². The highest BCUT2D eigenvalue weighted by Gasteiger charge is 2.34. The summed E-state index contributed by atoms with van der Waals surface area (Å²) in [5.41, 5.74) is 1.98. The average Bonchev–Trinajstić information content (AvgIpc) is 2.31. The van der Waals surface area contributed by atoms with Crippen LogP contribution in [0.25, 0.3) is 0 Å². The Morgan fingerprint density at radius 1 is 1.83 bits per heavy atom. The van der Waals surface area contributed by atoms with Crippen molar-refractivity contribution in [1.29, 1.82) is 0 Å². The van der Waals surface area contributed by atoms with E-state index in [-0.39, 0.29) is 5.57 Å². The lowest BCUT2D eigenvalue weighted by Crippen LogP contribution is -2.39. The number of hydrogen-bond acceptors (Lipinski definition) is 3. The molecule has 1 rings (SSSR count). The number of hydrogen-bond donors (Lipinski definition) is 2. The van der Waals surface area contributed by atoms with Gasteiger partial charge in [0.05, 0.1) is 5.57 Å². The summed E-state index contributed by atoms with van der Waals surface area (Å²) in [5, 5.41) is 9.69. The minimum Gasteiger partial charge on any atom is -0.478 e. The van der Waals surface area contributed by atoms with E-state index < -0.39 is 18.4 Å². The molecule has 0 aromatic heterocycles. The molecule has 1 unspecified atom stereocenters. The molecule has 6 heteroatoms. The van der Waals surface area contributed by atoms with Gasteiger partial charge in [0.2, 0.25) is 0 Å². The highest BCUT2D eigenvalue weighted by molar-refractivity contribution is 5.88. The topological polar surface area (TPSA) is 52.6 Å². The molecule has 0 aromatic rings. The van der Waals surface area contributed by atoms with E-state index in [2.05, 4.69) is 5.43 Å². The van der Waals surface area contributed by atoms with Gasteiger partial charge in [-0.2, -0.15) is 0 Å². The normalized spacial score (nSPS) is 23.2. The van der Waals surface area contributed by atoms with Crippen molar-refractivity contribution in [3.63, 3.8) is 0 Å². The molecule has 1 aliphatic heterocycles. The first kappa shape index (κ1) is 8.92. The first-order chi connectivity index (χ1) is 5.52. The zero-order valence-corrected chi connectivity index (χ0v) is 6.29. The van der Waals surface area contributed by atoms with Crippen LogP contribution in [0.2, 0.25) is 0 Å². The molecule has 0 saturated heterocycles. The Balaban J connectivity index is 2.80. The Bertz CT molecular complexity index is 230. The van der Waals surface area contributed by atoms with Crippen molar-refractivity contribution in [2.24, 2.45) is 0 Å². The Labute approximate surface area is 67.4 Å². The summed E-state index contributed by atoms with van der Waals surface area (Å²) in [5.74, 6) is -1.32. The van der Waals surface area contributed by atoms with E-state index in [4.69, 9.17) is 5.11 Å². The van der Waals surface area contributed by atoms with Crippen LogP contribution in [0.3, 0.4) is 0 Å². The largest absolute Gasteiger partial charge is 0.478 e. The molecule has 2 N–H and O–H groups in total. The Morgan fingerprint density at radius 3 is 2.75 bits per heavy atom. The molecule has 0 aliphatic carbocycles. The van der Waals surface area contributed by atoms with E-state index in [1.807, 2.05) is 0 Å². The number of carboxylic acid groups (broad SMARTS) is 1. The highest BCUT2D eigenvalue weighted by Crippen LogP contribution is 2.17. The van der Waals surface area contributed by atoms with Crippen molar-refractivity contribution in [2.45, 2.75) is 12.5 Å². The molecule has 68 valence electrons. The van der Waals surface area contributed by atoms with Crippen LogP contribution in [0.4, 0.5) is 8.78 Å². The second-order valence-electron chi connectivity index (χ2n) is 2.44. The predicted octanol–water partition coefficient (Wildman–Crippen LogP) is 0.0386. The number of carbonyl (C=O) groups is 1. The standard InChI is InChI=1S/C6H8F2N2O2/c1-10-2-3(6(11)12)4(9-10)5(7)8/h2,4-5,9H,1H3,(H,11,12). The molecule has 1 heterocycles. The Hall–Kier alpha value is -1.17. The van der Waals surface area contributed by atoms with Crippen LogP contribution in [0.1, 0.15) is 0 Å². The van der Waals surface area contributed by atoms with Gasteiger partial charge in [-0.25, -0.2) is 19.0 Å². The van der Waals surface area contributed by atoms with Crippen LogP contribution in [0, 0.1) is 0 Å². The lowest BCUT2D eigenvalue weighted by atomic mass is 10.1. The van der Waals surface area contributed by atoms with Crippen LogP contribution < -0.4 is 5.43 Å². The average molecular weight is 178 g/mol. The van der Waals surface area contributed by atoms with Crippen molar-refractivity contribution in [1.82, 2.24) is 10.4 Å². The summed E-state index contributed by atoms with van der Waals surface area (Å²) in [7, 11) is 1.46. The molecule has 0 fully saturated rings. The van der Waals surface area contributed by atoms with Crippen molar-refractivity contribution >= 4 is 5.97 Å². The van der Waals surface area contributed by atoms with E-state index in [1.54, 1.807) is 0 Å².